The molecule has 1 aromatic heterocycles. The Balaban J connectivity index is 1.96. The summed E-state index contributed by atoms with van der Waals surface area (Å²) in [5, 5.41) is 12.5. The van der Waals surface area contributed by atoms with Crippen molar-refractivity contribution in [2.24, 2.45) is 0 Å². The summed E-state index contributed by atoms with van der Waals surface area (Å²) in [4.78, 5) is 25.6. The van der Waals surface area contributed by atoms with Gasteiger partial charge in [0.25, 0.3) is 11.5 Å². The van der Waals surface area contributed by atoms with Crippen LogP contribution in [-0.2, 0) is 5.60 Å². The van der Waals surface area contributed by atoms with E-state index < -0.39 is 58.5 Å². The molecule has 2 N–H and O–H groups in total. The fourth-order valence-corrected chi connectivity index (χ4v) is 3.02. The number of nitrogens with one attached hydrogen (secondary N) is 1. The summed E-state index contributed by atoms with van der Waals surface area (Å²) in [5.41, 5.74) is -2.16. The third kappa shape index (κ3) is 5.60. The molecule has 0 radical (unpaired) electrons. The molecule has 0 aliphatic carbocycles. The Morgan fingerprint density at radius 2 is 1.71 bits per heavy atom. The number of alkyl halides is 3. The highest BCUT2D eigenvalue weighted by Crippen LogP contribution is 2.30. The SMILES string of the molecule is CC(C)(O)c1ccc(NC(=O)c2cccn(-c3ccc(F)c(F)c3OCC(F)(F)F)c2=O)cc1. The first kappa shape index (κ1) is 24.9. The lowest BCUT2D eigenvalue weighted by molar-refractivity contribution is -0.153. The normalized spacial score (nSPS) is 11.9. The van der Waals surface area contributed by atoms with Gasteiger partial charge in [0.1, 0.15) is 5.56 Å². The maximum atomic E-state index is 14.2. The summed E-state index contributed by atoms with van der Waals surface area (Å²) in [6.07, 6.45) is -3.77. The van der Waals surface area contributed by atoms with Gasteiger partial charge in [-0.3, -0.25) is 14.2 Å². The number of pyridine rings is 1. The molecule has 0 aliphatic rings. The topological polar surface area (TPSA) is 80.6 Å². The summed E-state index contributed by atoms with van der Waals surface area (Å²) in [6, 6.07) is 10.0. The summed E-state index contributed by atoms with van der Waals surface area (Å²) in [6.45, 7) is 1.24. The predicted octanol–water partition coefficient (Wildman–Crippen LogP) is 4.54. The van der Waals surface area contributed by atoms with Crippen molar-refractivity contribution < 1.29 is 36.6 Å². The highest BCUT2D eigenvalue weighted by Gasteiger charge is 2.30. The highest BCUT2D eigenvalue weighted by molar-refractivity contribution is 6.04. The third-order valence-electron chi connectivity index (χ3n) is 4.71. The summed E-state index contributed by atoms with van der Waals surface area (Å²) < 4.78 is 70.7. The lowest BCUT2D eigenvalue weighted by Crippen LogP contribution is -2.28. The molecule has 0 spiro atoms. The molecule has 3 aromatic rings. The average molecular weight is 482 g/mol. The van der Waals surface area contributed by atoms with Crippen LogP contribution in [0.3, 0.4) is 0 Å². The minimum atomic E-state index is -4.84. The first-order valence-electron chi connectivity index (χ1n) is 9.82. The van der Waals surface area contributed by atoms with Gasteiger partial charge in [0, 0.05) is 11.9 Å². The van der Waals surface area contributed by atoms with E-state index in [4.69, 9.17) is 0 Å². The quantitative estimate of drug-likeness (QED) is 0.506. The monoisotopic (exact) mass is 482 g/mol. The molecule has 180 valence electrons. The fraction of sp³-hybridized carbons (Fsp3) is 0.217. The first-order valence-corrected chi connectivity index (χ1v) is 9.82. The van der Waals surface area contributed by atoms with Gasteiger partial charge in [-0.05, 0) is 55.8 Å². The number of benzene rings is 2. The van der Waals surface area contributed by atoms with Crippen molar-refractivity contribution in [3.05, 3.63) is 87.8 Å². The summed E-state index contributed by atoms with van der Waals surface area (Å²) in [5.74, 6) is -5.16. The van der Waals surface area contributed by atoms with E-state index in [0.717, 1.165) is 18.3 Å². The maximum Gasteiger partial charge on any atom is 0.422 e. The standard InChI is InChI=1S/C23H19F5N2O4/c1-22(2,33)13-5-7-14(8-6-13)29-20(31)15-4-3-11-30(21(15)32)17-10-9-16(24)18(25)19(17)34-12-23(26,27)28/h3-11,33H,12H2,1-2H3,(H,29,31). The lowest BCUT2D eigenvalue weighted by atomic mass is 9.98. The first-order chi connectivity index (χ1) is 15.8. The number of carbonyl (C=O) groups excluding carboxylic acids is 1. The molecule has 11 heteroatoms. The zero-order chi connectivity index (χ0) is 25.3. The van der Waals surface area contributed by atoms with Crippen molar-refractivity contribution in [1.82, 2.24) is 4.57 Å². The summed E-state index contributed by atoms with van der Waals surface area (Å²) in [7, 11) is 0. The van der Waals surface area contributed by atoms with Gasteiger partial charge in [-0.2, -0.15) is 17.6 Å². The Hall–Kier alpha value is -3.73. The van der Waals surface area contributed by atoms with E-state index in [9.17, 15) is 36.6 Å². The minimum Gasteiger partial charge on any atom is -0.479 e. The third-order valence-corrected chi connectivity index (χ3v) is 4.71. The Morgan fingerprint density at radius 3 is 2.29 bits per heavy atom. The smallest absolute Gasteiger partial charge is 0.422 e. The average Bonchev–Trinajstić information content (AvgIpc) is 2.74. The minimum absolute atomic E-state index is 0.301. The maximum absolute atomic E-state index is 14.2. The van der Waals surface area contributed by atoms with Crippen molar-refractivity contribution in [3.8, 4) is 11.4 Å². The van der Waals surface area contributed by atoms with E-state index in [1.165, 1.54) is 18.2 Å². The van der Waals surface area contributed by atoms with E-state index in [0.29, 0.717) is 21.9 Å². The number of anilines is 1. The molecule has 1 amide bonds. The zero-order valence-corrected chi connectivity index (χ0v) is 17.9. The van der Waals surface area contributed by atoms with Crippen LogP contribution in [0.4, 0.5) is 27.6 Å². The van der Waals surface area contributed by atoms with Crippen molar-refractivity contribution in [2.75, 3.05) is 11.9 Å². The van der Waals surface area contributed by atoms with Crippen molar-refractivity contribution in [1.29, 1.82) is 0 Å². The largest absolute Gasteiger partial charge is 0.479 e. The number of hydrogen-bond acceptors (Lipinski definition) is 4. The molecule has 0 fully saturated rings. The van der Waals surface area contributed by atoms with Gasteiger partial charge in [0.15, 0.2) is 18.2 Å². The lowest BCUT2D eigenvalue weighted by Gasteiger charge is -2.18. The summed E-state index contributed by atoms with van der Waals surface area (Å²) >= 11 is 0. The molecule has 0 bridgehead atoms. The van der Waals surface area contributed by atoms with Gasteiger partial charge in [0.05, 0.1) is 11.3 Å². The van der Waals surface area contributed by atoms with Crippen LogP contribution in [0.2, 0.25) is 0 Å². The van der Waals surface area contributed by atoms with Crippen LogP contribution in [0.5, 0.6) is 5.75 Å². The Kier molecular flexibility index (Phi) is 6.78. The number of ether oxygens (including phenoxy) is 1. The number of halogens is 5. The fourth-order valence-electron chi connectivity index (χ4n) is 3.02. The number of aliphatic hydroxyl groups is 1. The van der Waals surface area contributed by atoms with Crippen LogP contribution in [0, 0.1) is 11.6 Å². The Morgan fingerprint density at radius 1 is 1.06 bits per heavy atom. The van der Waals surface area contributed by atoms with Gasteiger partial charge in [-0.1, -0.05) is 12.1 Å². The van der Waals surface area contributed by atoms with Gasteiger partial charge < -0.3 is 15.2 Å². The number of aromatic nitrogens is 1. The molecule has 34 heavy (non-hydrogen) atoms. The molecule has 1 heterocycles. The molecular formula is C23H19F5N2O4. The van der Waals surface area contributed by atoms with Gasteiger partial charge in [-0.25, -0.2) is 4.39 Å². The number of carbonyl (C=O) groups is 1. The van der Waals surface area contributed by atoms with Crippen molar-refractivity contribution in [3.63, 3.8) is 0 Å². The second-order valence-electron chi connectivity index (χ2n) is 7.80. The molecule has 0 saturated carbocycles. The zero-order valence-electron chi connectivity index (χ0n) is 17.9. The Bertz CT molecular complexity index is 1260. The van der Waals surface area contributed by atoms with E-state index in [1.54, 1.807) is 26.0 Å². The molecule has 0 saturated heterocycles. The van der Waals surface area contributed by atoms with Crippen LogP contribution in [0.15, 0.2) is 59.5 Å². The van der Waals surface area contributed by atoms with E-state index in [1.807, 2.05) is 0 Å². The second kappa shape index (κ2) is 9.26. The molecule has 6 nitrogen and oxygen atoms in total. The number of amides is 1. The van der Waals surface area contributed by atoms with Gasteiger partial charge in [0.2, 0.25) is 5.82 Å². The van der Waals surface area contributed by atoms with Crippen LogP contribution < -0.4 is 15.6 Å². The molecular weight excluding hydrogens is 463 g/mol. The molecule has 0 unspecified atom stereocenters. The second-order valence-corrected chi connectivity index (χ2v) is 7.80. The molecule has 0 aliphatic heterocycles. The Labute approximate surface area is 190 Å². The van der Waals surface area contributed by atoms with E-state index >= 15 is 0 Å². The van der Waals surface area contributed by atoms with Gasteiger partial charge >= 0.3 is 6.18 Å². The number of nitrogens with zero attached hydrogens (tertiary/aromatic N) is 1. The number of rotatable bonds is 6. The molecule has 0 atom stereocenters. The number of hydrogen-bond donors (Lipinski definition) is 2. The molecule has 3 rings (SSSR count). The predicted molar refractivity (Wildman–Crippen MR) is 113 cm³/mol. The van der Waals surface area contributed by atoms with E-state index in [-0.39, 0.29) is 0 Å². The van der Waals surface area contributed by atoms with Gasteiger partial charge in [-0.15, -0.1) is 0 Å². The van der Waals surface area contributed by atoms with Crippen molar-refractivity contribution in [2.45, 2.75) is 25.6 Å². The van der Waals surface area contributed by atoms with Crippen LogP contribution in [-0.4, -0.2) is 28.4 Å². The highest BCUT2D eigenvalue weighted by atomic mass is 19.4. The van der Waals surface area contributed by atoms with Crippen LogP contribution in [0.1, 0.15) is 29.8 Å². The van der Waals surface area contributed by atoms with Crippen molar-refractivity contribution >= 4 is 11.6 Å². The molecule has 2 aromatic carbocycles. The van der Waals surface area contributed by atoms with Crippen LogP contribution in [0.25, 0.3) is 5.69 Å². The van der Waals surface area contributed by atoms with Crippen LogP contribution >= 0.6 is 0 Å². The van der Waals surface area contributed by atoms with E-state index in [2.05, 4.69) is 10.1 Å².